The van der Waals surface area contributed by atoms with E-state index in [9.17, 15) is 0 Å². The molecule has 0 saturated carbocycles. The first-order chi connectivity index (χ1) is 16.2. The van der Waals surface area contributed by atoms with E-state index in [0.29, 0.717) is 13.2 Å². The predicted octanol–water partition coefficient (Wildman–Crippen LogP) is 7.68. The van der Waals surface area contributed by atoms with Crippen LogP contribution < -0.4 is 9.47 Å². The molecule has 0 N–H and O–H groups in total. The van der Waals surface area contributed by atoms with Crippen LogP contribution >= 0.6 is 0 Å². The number of benzene rings is 2. The van der Waals surface area contributed by atoms with E-state index < -0.39 is 0 Å². The summed E-state index contributed by atoms with van der Waals surface area (Å²) in [5.74, 6) is 1.75. The molecule has 1 aliphatic rings. The monoisotopic (exact) mass is 449 g/mol. The average molecular weight is 450 g/mol. The van der Waals surface area contributed by atoms with Crippen molar-refractivity contribution in [3.8, 4) is 11.5 Å². The topological polar surface area (TPSA) is 40.0 Å². The number of rotatable bonds is 14. The first-order valence-corrected chi connectivity index (χ1v) is 12.5. The SMILES string of the molecule is CCCCCCCCCCOc1ccc(N=Cc2ccc(OC3COCC=C3C)cc2)cc1. The van der Waals surface area contributed by atoms with Crippen molar-refractivity contribution < 1.29 is 14.2 Å². The van der Waals surface area contributed by atoms with Crippen molar-refractivity contribution in [3.63, 3.8) is 0 Å². The Morgan fingerprint density at radius 2 is 1.55 bits per heavy atom. The fourth-order valence-electron chi connectivity index (χ4n) is 3.76. The summed E-state index contributed by atoms with van der Waals surface area (Å²) in [5, 5.41) is 0. The normalized spacial score (nSPS) is 16.1. The van der Waals surface area contributed by atoms with E-state index in [1.807, 2.05) is 54.7 Å². The molecule has 1 unspecified atom stereocenters. The van der Waals surface area contributed by atoms with Gasteiger partial charge in [0.15, 0.2) is 0 Å². The molecule has 178 valence electrons. The van der Waals surface area contributed by atoms with Gasteiger partial charge >= 0.3 is 0 Å². The lowest BCUT2D eigenvalue weighted by Gasteiger charge is -2.23. The van der Waals surface area contributed by atoms with Crippen LogP contribution in [-0.2, 0) is 4.74 Å². The zero-order valence-corrected chi connectivity index (χ0v) is 20.3. The molecule has 1 heterocycles. The second-order valence-corrected chi connectivity index (χ2v) is 8.74. The Labute approximate surface area is 199 Å². The maximum absolute atomic E-state index is 6.02. The van der Waals surface area contributed by atoms with Crippen molar-refractivity contribution in [3.05, 3.63) is 65.7 Å². The van der Waals surface area contributed by atoms with E-state index in [2.05, 4.69) is 24.9 Å². The molecule has 33 heavy (non-hydrogen) atoms. The summed E-state index contributed by atoms with van der Waals surface area (Å²) in [6.45, 7) is 6.41. The van der Waals surface area contributed by atoms with E-state index in [-0.39, 0.29) is 6.10 Å². The fourth-order valence-corrected chi connectivity index (χ4v) is 3.76. The van der Waals surface area contributed by atoms with Gasteiger partial charge < -0.3 is 14.2 Å². The van der Waals surface area contributed by atoms with E-state index in [0.717, 1.165) is 35.8 Å². The summed E-state index contributed by atoms with van der Waals surface area (Å²) >= 11 is 0. The van der Waals surface area contributed by atoms with Crippen LogP contribution in [0.2, 0.25) is 0 Å². The first kappa shape index (κ1) is 25.0. The molecule has 3 rings (SSSR count). The molecule has 2 aromatic rings. The van der Waals surface area contributed by atoms with Gasteiger partial charge in [-0.25, -0.2) is 0 Å². The first-order valence-electron chi connectivity index (χ1n) is 12.5. The lowest BCUT2D eigenvalue weighted by molar-refractivity contribution is 0.0681. The minimum Gasteiger partial charge on any atom is -0.494 e. The Hall–Kier alpha value is -2.59. The summed E-state index contributed by atoms with van der Waals surface area (Å²) in [6, 6.07) is 16.0. The number of hydrogen-bond acceptors (Lipinski definition) is 4. The number of unbranched alkanes of at least 4 members (excludes halogenated alkanes) is 7. The zero-order valence-electron chi connectivity index (χ0n) is 20.3. The van der Waals surface area contributed by atoms with Gasteiger partial charge in [-0.1, -0.05) is 57.9 Å². The summed E-state index contributed by atoms with van der Waals surface area (Å²) in [6.07, 6.45) is 14.4. The van der Waals surface area contributed by atoms with Crippen molar-refractivity contribution >= 4 is 11.9 Å². The van der Waals surface area contributed by atoms with Gasteiger partial charge in [-0.15, -0.1) is 0 Å². The summed E-state index contributed by atoms with van der Waals surface area (Å²) in [7, 11) is 0. The molecular formula is C29H39NO3. The predicted molar refractivity (Wildman–Crippen MR) is 137 cm³/mol. The maximum Gasteiger partial charge on any atom is 0.143 e. The van der Waals surface area contributed by atoms with Gasteiger partial charge in [0, 0.05) is 6.21 Å². The number of nitrogens with zero attached hydrogens (tertiary/aromatic N) is 1. The lowest BCUT2D eigenvalue weighted by atomic mass is 10.1. The van der Waals surface area contributed by atoms with Crippen molar-refractivity contribution in [2.24, 2.45) is 4.99 Å². The van der Waals surface area contributed by atoms with Crippen LogP contribution in [0.1, 0.15) is 70.8 Å². The molecule has 0 bridgehead atoms. The lowest BCUT2D eigenvalue weighted by Crippen LogP contribution is -2.28. The van der Waals surface area contributed by atoms with Gasteiger partial charge in [0.1, 0.15) is 17.6 Å². The molecule has 0 fully saturated rings. The summed E-state index contributed by atoms with van der Waals surface area (Å²) < 4.78 is 17.4. The minimum absolute atomic E-state index is 0.00505. The largest absolute Gasteiger partial charge is 0.494 e. The second-order valence-electron chi connectivity index (χ2n) is 8.74. The smallest absolute Gasteiger partial charge is 0.143 e. The molecule has 4 nitrogen and oxygen atoms in total. The molecule has 0 radical (unpaired) electrons. The maximum atomic E-state index is 6.02. The number of hydrogen-bond donors (Lipinski definition) is 0. The van der Waals surface area contributed by atoms with Gasteiger partial charge in [-0.05, 0) is 73.0 Å². The van der Waals surface area contributed by atoms with Crippen LogP contribution in [0.15, 0.2) is 65.2 Å². The van der Waals surface area contributed by atoms with Crippen molar-refractivity contribution in [2.75, 3.05) is 19.8 Å². The minimum atomic E-state index is -0.00505. The molecular weight excluding hydrogens is 410 g/mol. The van der Waals surface area contributed by atoms with Gasteiger partial charge in [-0.3, -0.25) is 4.99 Å². The highest BCUT2D eigenvalue weighted by Crippen LogP contribution is 2.21. The Bertz CT molecular complexity index is 855. The van der Waals surface area contributed by atoms with Crippen LogP contribution in [0.25, 0.3) is 0 Å². The molecule has 0 saturated heterocycles. The average Bonchev–Trinajstić information content (AvgIpc) is 2.85. The fraction of sp³-hybridized carbons (Fsp3) is 0.483. The summed E-state index contributed by atoms with van der Waals surface area (Å²) in [4.78, 5) is 4.58. The Morgan fingerprint density at radius 1 is 0.879 bits per heavy atom. The van der Waals surface area contributed by atoms with Crippen LogP contribution in [0.5, 0.6) is 11.5 Å². The molecule has 1 atom stereocenters. The van der Waals surface area contributed by atoms with Crippen molar-refractivity contribution in [2.45, 2.75) is 71.3 Å². The van der Waals surface area contributed by atoms with E-state index in [1.54, 1.807) is 0 Å². The molecule has 0 aromatic heterocycles. The Kier molecular flexibility index (Phi) is 11.0. The third-order valence-electron chi connectivity index (χ3n) is 5.92. The van der Waals surface area contributed by atoms with Crippen LogP contribution in [0.3, 0.4) is 0 Å². The third kappa shape index (κ3) is 9.43. The Balaban J connectivity index is 1.35. The van der Waals surface area contributed by atoms with E-state index >= 15 is 0 Å². The highest BCUT2D eigenvalue weighted by atomic mass is 16.5. The van der Waals surface area contributed by atoms with Crippen molar-refractivity contribution in [1.82, 2.24) is 0 Å². The van der Waals surface area contributed by atoms with Crippen LogP contribution in [0, 0.1) is 0 Å². The summed E-state index contributed by atoms with van der Waals surface area (Å²) in [5.41, 5.74) is 3.16. The van der Waals surface area contributed by atoms with E-state index in [1.165, 1.54) is 50.5 Å². The van der Waals surface area contributed by atoms with Gasteiger partial charge in [0.25, 0.3) is 0 Å². The highest BCUT2D eigenvalue weighted by Gasteiger charge is 2.16. The van der Waals surface area contributed by atoms with Gasteiger partial charge in [0.05, 0.1) is 25.5 Å². The third-order valence-corrected chi connectivity index (χ3v) is 5.92. The Morgan fingerprint density at radius 3 is 2.24 bits per heavy atom. The van der Waals surface area contributed by atoms with Crippen molar-refractivity contribution in [1.29, 1.82) is 0 Å². The molecule has 0 aliphatic carbocycles. The number of aliphatic imine (C=N–C) groups is 1. The van der Waals surface area contributed by atoms with Gasteiger partial charge in [0.2, 0.25) is 0 Å². The molecule has 2 aromatic carbocycles. The highest BCUT2D eigenvalue weighted by molar-refractivity contribution is 5.82. The molecule has 0 spiro atoms. The standard InChI is InChI=1S/C29H39NO3/c1-3-4-5-6-7-8-9-10-20-32-27-17-13-26(14-18-27)30-22-25-11-15-28(16-12-25)33-29-23-31-21-19-24(29)2/h11-19,22,29H,3-10,20-21,23H2,1-2H3. The quantitative estimate of drug-likeness (QED) is 0.169. The number of ether oxygens (including phenoxy) is 3. The second kappa shape index (κ2) is 14.5. The van der Waals surface area contributed by atoms with Gasteiger partial charge in [-0.2, -0.15) is 0 Å². The molecule has 4 heteroatoms. The molecule has 1 aliphatic heterocycles. The van der Waals surface area contributed by atoms with E-state index in [4.69, 9.17) is 14.2 Å². The van der Waals surface area contributed by atoms with Crippen LogP contribution in [-0.4, -0.2) is 32.1 Å². The zero-order chi connectivity index (χ0) is 23.1. The van der Waals surface area contributed by atoms with Crippen LogP contribution in [0.4, 0.5) is 5.69 Å². The molecule has 0 amide bonds.